The number of aryl methyl sites for hydroxylation is 1. The van der Waals surface area contributed by atoms with Crippen LogP contribution >= 0.6 is 11.3 Å². The Kier molecular flexibility index (Phi) is 6.45. The number of aromatic nitrogens is 1. The number of nitrogens with zero attached hydrogens (tertiary/aromatic N) is 2. The van der Waals surface area contributed by atoms with Gasteiger partial charge in [0.1, 0.15) is 10.8 Å². The predicted molar refractivity (Wildman–Crippen MR) is 91.2 cm³/mol. The summed E-state index contributed by atoms with van der Waals surface area (Å²) in [7, 11) is 0. The highest BCUT2D eigenvalue weighted by Crippen LogP contribution is 2.11. The van der Waals surface area contributed by atoms with Crippen LogP contribution < -0.4 is 10.6 Å². The lowest BCUT2D eigenvalue weighted by atomic mass is 10.2. The molecule has 0 atom stereocenters. The standard InChI is InChI=1S/C16H24N4OS/c1-12(2)9-19-16(17-7-6-14-5-4-8-21-14)20-11-15-18-10-13(3)22-15/h4-5,8,10,12H,6-7,9,11H2,1-3H3,(H2,17,19,20). The van der Waals surface area contributed by atoms with Crippen LogP contribution in [0.3, 0.4) is 0 Å². The van der Waals surface area contributed by atoms with E-state index in [9.17, 15) is 0 Å². The first kappa shape index (κ1) is 16.5. The van der Waals surface area contributed by atoms with Crippen molar-refractivity contribution >= 4 is 17.3 Å². The first-order chi connectivity index (χ1) is 10.6. The lowest BCUT2D eigenvalue weighted by molar-refractivity contribution is 0.506. The van der Waals surface area contributed by atoms with Crippen molar-refractivity contribution in [1.82, 2.24) is 15.6 Å². The third-order valence-corrected chi connectivity index (χ3v) is 3.86. The van der Waals surface area contributed by atoms with Gasteiger partial charge in [-0.3, -0.25) is 0 Å². The van der Waals surface area contributed by atoms with E-state index in [0.717, 1.165) is 36.2 Å². The zero-order valence-electron chi connectivity index (χ0n) is 13.4. The predicted octanol–water partition coefficient (Wildman–Crippen LogP) is 2.98. The van der Waals surface area contributed by atoms with E-state index in [1.165, 1.54) is 4.88 Å². The highest BCUT2D eigenvalue weighted by atomic mass is 32.1. The summed E-state index contributed by atoms with van der Waals surface area (Å²) in [6.07, 6.45) is 4.43. The fourth-order valence-corrected chi connectivity index (χ4v) is 2.57. The molecule has 5 nitrogen and oxygen atoms in total. The van der Waals surface area contributed by atoms with Gasteiger partial charge in [-0.15, -0.1) is 11.3 Å². The van der Waals surface area contributed by atoms with Crippen molar-refractivity contribution in [2.24, 2.45) is 10.9 Å². The van der Waals surface area contributed by atoms with Crippen molar-refractivity contribution in [3.05, 3.63) is 40.2 Å². The molecule has 2 N–H and O–H groups in total. The van der Waals surface area contributed by atoms with Gasteiger partial charge in [-0.1, -0.05) is 13.8 Å². The third kappa shape index (κ3) is 5.89. The van der Waals surface area contributed by atoms with Gasteiger partial charge in [0, 0.05) is 30.6 Å². The lowest BCUT2D eigenvalue weighted by Gasteiger charge is -2.13. The van der Waals surface area contributed by atoms with E-state index < -0.39 is 0 Å². The number of hydrogen-bond donors (Lipinski definition) is 2. The molecule has 0 saturated heterocycles. The first-order valence-corrected chi connectivity index (χ1v) is 8.41. The Labute approximate surface area is 135 Å². The van der Waals surface area contributed by atoms with E-state index in [1.807, 2.05) is 18.3 Å². The van der Waals surface area contributed by atoms with Crippen LogP contribution in [0.1, 0.15) is 29.5 Å². The van der Waals surface area contributed by atoms with Gasteiger partial charge in [0.25, 0.3) is 0 Å². The minimum atomic E-state index is 0.569. The SMILES string of the molecule is Cc1cnc(CN=C(NCCc2ccco2)NCC(C)C)s1. The second-order valence-corrected chi connectivity index (χ2v) is 6.88. The number of nitrogens with one attached hydrogen (secondary N) is 2. The molecular formula is C16H24N4OS. The molecular weight excluding hydrogens is 296 g/mol. The van der Waals surface area contributed by atoms with Gasteiger partial charge in [0.05, 0.1) is 12.8 Å². The first-order valence-electron chi connectivity index (χ1n) is 7.59. The number of rotatable bonds is 7. The van der Waals surface area contributed by atoms with E-state index in [2.05, 4.69) is 41.4 Å². The maximum atomic E-state index is 5.34. The van der Waals surface area contributed by atoms with Crippen LogP contribution in [-0.2, 0) is 13.0 Å². The van der Waals surface area contributed by atoms with Crippen LogP contribution in [0.15, 0.2) is 34.0 Å². The Bertz CT molecular complexity index is 575. The van der Waals surface area contributed by atoms with Crippen molar-refractivity contribution in [3.8, 4) is 0 Å². The molecule has 0 bridgehead atoms. The summed E-state index contributed by atoms with van der Waals surface area (Å²) < 4.78 is 5.34. The van der Waals surface area contributed by atoms with Gasteiger partial charge in [0.15, 0.2) is 5.96 Å². The van der Waals surface area contributed by atoms with Crippen LogP contribution in [0.4, 0.5) is 0 Å². The molecule has 120 valence electrons. The van der Waals surface area contributed by atoms with E-state index in [0.29, 0.717) is 12.5 Å². The molecule has 0 amide bonds. The Hall–Kier alpha value is -1.82. The summed E-state index contributed by atoms with van der Waals surface area (Å²) in [6.45, 7) is 8.70. The van der Waals surface area contributed by atoms with Gasteiger partial charge in [-0.25, -0.2) is 9.98 Å². The van der Waals surface area contributed by atoms with Gasteiger partial charge in [0.2, 0.25) is 0 Å². The summed E-state index contributed by atoms with van der Waals surface area (Å²) in [6, 6.07) is 3.89. The van der Waals surface area contributed by atoms with Crippen molar-refractivity contribution in [2.45, 2.75) is 33.7 Å². The number of thiazole rings is 1. The maximum Gasteiger partial charge on any atom is 0.191 e. The van der Waals surface area contributed by atoms with E-state index in [1.54, 1.807) is 17.6 Å². The number of hydrogen-bond acceptors (Lipinski definition) is 4. The lowest BCUT2D eigenvalue weighted by Crippen LogP contribution is -2.40. The van der Waals surface area contributed by atoms with Gasteiger partial charge >= 0.3 is 0 Å². The van der Waals surface area contributed by atoms with Crippen molar-refractivity contribution < 1.29 is 4.42 Å². The summed E-state index contributed by atoms with van der Waals surface area (Å²) in [5.74, 6) is 2.37. The average Bonchev–Trinajstić information content (AvgIpc) is 3.12. The van der Waals surface area contributed by atoms with Crippen LogP contribution in [0, 0.1) is 12.8 Å². The maximum absolute atomic E-state index is 5.34. The highest BCUT2D eigenvalue weighted by Gasteiger charge is 2.03. The number of guanidine groups is 1. The van der Waals surface area contributed by atoms with Crippen molar-refractivity contribution in [1.29, 1.82) is 0 Å². The zero-order valence-corrected chi connectivity index (χ0v) is 14.2. The van der Waals surface area contributed by atoms with Crippen LogP contribution in [0.5, 0.6) is 0 Å². The minimum absolute atomic E-state index is 0.569. The quantitative estimate of drug-likeness (QED) is 0.608. The van der Waals surface area contributed by atoms with Gasteiger partial charge in [-0.2, -0.15) is 0 Å². The molecule has 0 aromatic carbocycles. The van der Waals surface area contributed by atoms with E-state index in [-0.39, 0.29) is 0 Å². The van der Waals surface area contributed by atoms with Crippen molar-refractivity contribution in [3.63, 3.8) is 0 Å². The Balaban J connectivity index is 1.86. The molecule has 0 spiro atoms. The fourth-order valence-electron chi connectivity index (χ4n) is 1.86. The molecule has 2 aromatic rings. The molecule has 0 radical (unpaired) electrons. The molecule has 2 heterocycles. The Morgan fingerprint density at radius 2 is 2.27 bits per heavy atom. The van der Waals surface area contributed by atoms with Crippen molar-refractivity contribution in [2.75, 3.05) is 13.1 Å². The highest BCUT2D eigenvalue weighted by molar-refractivity contribution is 7.11. The molecule has 0 saturated carbocycles. The zero-order chi connectivity index (χ0) is 15.8. The van der Waals surface area contributed by atoms with Crippen LogP contribution in [-0.4, -0.2) is 24.0 Å². The summed E-state index contributed by atoms with van der Waals surface area (Å²) in [4.78, 5) is 10.2. The molecule has 0 aliphatic carbocycles. The summed E-state index contributed by atoms with van der Waals surface area (Å²) in [5.41, 5.74) is 0. The molecule has 6 heteroatoms. The van der Waals surface area contributed by atoms with Crippen LogP contribution in [0.2, 0.25) is 0 Å². The monoisotopic (exact) mass is 320 g/mol. The second kappa shape index (κ2) is 8.58. The smallest absolute Gasteiger partial charge is 0.191 e. The molecule has 0 fully saturated rings. The van der Waals surface area contributed by atoms with E-state index >= 15 is 0 Å². The molecule has 2 rings (SSSR count). The Morgan fingerprint density at radius 1 is 1.41 bits per heavy atom. The average molecular weight is 320 g/mol. The largest absolute Gasteiger partial charge is 0.469 e. The molecule has 22 heavy (non-hydrogen) atoms. The Morgan fingerprint density at radius 3 is 2.91 bits per heavy atom. The normalized spacial score (nSPS) is 11.9. The molecule has 2 aromatic heterocycles. The van der Waals surface area contributed by atoms with Crippen LogP contribution in [0.25, 0.3) is 0 Å². The molecule has 0 unspecified atom stereocenters. The van der Waals surface area contributed by atoms with Gasteiger partial charge < -0.3 is 15.1 Å². The fraction of sp³-hybridized carbons (Fsp3) is 0.500. The molecule has 0 aliphatic rings. The second-order valence-electron chi connectivity index (χ2n) is 5.56. The third-order valence-electron chi connectivity index (χ3n) is 2.96. The van der Waals surface area contributed by atoms with E-state index in [4.69, 9.17) is 4.42 Å². The summed E-state index contributed by atoms with van der Waals surface area (Å²) >= 11 is 1.69. The summed E-state index contributed by atoms with van der Waals surface area (Å²) in [5, 5.41) is 7.74. The minimum Gasteiger partial charge on any atom is -0.469 e. The van der Waals surface area contributed by atoms with Gasteiger partial charge in [-0.05, 0) is 25.0 Å². The topological polar surface area (TPSA) is 62.5 Å². The molecule has 0 aliphatic heterocycles. The number of furan rings is 1. The number of aliphatic imine (C=N–C) groups is 1.